The van der Waals surface area contributed by atoms with Gasteiger partial charge in [-0.25, -0.2) is 0 Å². The van der Waals surface area contributed by atoms with Crippen molar-refractivity contribution in [3.05, 3.63) is 35.4 Å². The summed E-state index contributed by atoms with van der Waals surface area (Å²) >= 11 is 0. The number of hydrogen-bond donors (Lipinski definition) is 2. The minimum Gasteiger partial charge on any atom is -0.389 e. The zero-order chi connectivity index (χ0) is 13.6. The molecule has 2 N–H and O–H groups in total. The summed E-state index contributed by atoms with van der Waals surface area (Å²) in [6.45, 7) is 0.952. The van der Waals surface area contributed by atoms with Crippen molar-refractivity contribution in [3.63, 3.8) is 0 Å². The maximum absolute atomic E-state index is 12.3. The van der Waals surface area contributed by atoms with Crippen molar-refractivity contribution in [2.75, 3.05) is 20.3 Å². The lowest BCUT2D eigenvalue weighted by atomic mass is 10.1. The zero-order valence-corrected chi connectivity index (χ0v) is 10.00. The number of rotatable bonds is 6. The molecule has 0 fully saturated rings. The second-order valence-corrected chi connectivity index (χ2v) is 3.93. The number of halogens is 3. The molecule has 0 aliphatic heterocycles. The van der Waals surface area contributed by atoms with Crippen LogP contribution in [0, 0.1) is 0 Å². The molecular weight excluding hydrogens is 247 g/mol. The fourth-order valence-electron chi connectivity index (χ4n) is 1.45. The van der Waals surface area contributed by atoms with E-state index in [2.05, 4.69) is 5.32 Å². The Morgan fingerprint density at radius 1 is 1.28 bits per heavy atom. The van der Waals surface area contributed by atoms with Crippen LogP contribution in [0.5, 0.6) is 0 Å². The highest BCUT2D eigenvalue weighted by Gasteiger charge is 2.29. The van der Waals surface area contributed by atoms with E-state index in [0.29, 0.717) is 13.1 Å². The Labute approximate surface area is 104 Å². The van der Waals surface area contributed by atoms with Gasteiger partial charge in [0.05, 0.1) is 18.3 Å². The van der Waals surface area contributed by atoms with Crippen molar-refractivity contribution < 1.29 is 23.0 Å². The molecule has 1 unspecified atom stereocenters. The maximum Gasteiger partial charge on any atom is 0.416 e. The van der Waals surface area contributed by atoms with Gasteiger partial charge >= 0.3 is 6.18 Å². The largest absolute Gasteiger partial charge is 0.416 e. The lowest BCUT2D eigenvalue weighted by molar-refractivity contribution is -0.137. The average Bonchev–Trinajstić information content (AvgIpc) is 2.29. The van der Waals surface area contributed by atoms with Crippen LogP contribution in [0.2, 0.25) is 0 Å². The van der Waals surface area contributed by atoms with Crippen molar-refractivity contribution in [2.24, 2.45) is 0 Å². The van der Waals surface area contributed by atoms with Crippen molar-refractivity contribution >= 4 is 0 Å². The summed E-state index contributed by atoms with van der Waals surface area (Å²) in [4.78, 5) is 0. The quantitative estimate of drug-likeness (QED) is 0.822. The Hall–Kier alpha value is -1.11. The van der Waals surface area contributed by atoms with Gasteiger partial charge in [0.2, 0.25) is 0 Å². The van der Waals surface area contributed by atoms with E-state index >= 15 is 0 Å². The Morgan fingerprint density at radius 2 is 1.89 bits per heavy atom. The molecule has 0 heterocycles. The Bertz CT molecular complexity index is 351. The van der Waals surface area contributed by atoms with Crippen LogP contribution in [0.1, 0.15) is 11.1 Å². The number of alkyl halides is 3. The molecule has 1 rings (SSSR count). The number of ether oxygens (including phenoxy) is 1. The third kappa shape index (κ3) is 5.03. The highest BCUT2D eigenvalue weighted by molar-refractivity contribution is 5.24. The van der Waals surface area contributed by atoms with Crippen molar-refractivity contribution in [1.82, 2.24) is 5.32 Å². The van der Waals surface area contributed by atoms with Crippen LogP contribution in [-0.2, 0) is 17.5 Å². The van der Waals surface area contributed by atoms with Gasteiger partial charge in [-0.1, -0.05) is 12.1 Å². The molecule has 0 aromatic heterocycles. The van der Waals surface area contributed by atoms with Gasteiger partial charge in [-0.05, 0) is 17.7 Å². The predicted molar refractivity (Wildman–Crippen MR) is 61.0 cm³/mol. The molecule has 0 saturated heterocycles. The fraction of sp³-hybridized carbons (Fsp3) is 0.500. The van der Waals surface area contributed by atoms with E-state index in [1.165, 1.54) is 19.2 Å². The Morgan fingerprint density at radius 3 is 2.39 bits per heavy atom. The first-order valence-electron chi connectivity index (χ1n) is 5.47. The second kappa shape index (κ2) is 6.72. The number of benzene rings is 1. The fourth-order valence-corrected chi connectivity index (χ4v) is 1.45. The summed E-state index contributed by atoms with van der Waals surface area (Å²) in [6.07, 6.45) is -4.93. The third-order valence-corrected chi connectivity index (χ3v) is 2.35. The molecule has 0 amide bonds. The summed E-state index contributed by atoms with van der Waals surface area (Å²) in [5, 5.41) is 12.3. The van der Waals surface area contributed by atoms with Gasteiger partial charge in [0.15, 0.2) is 0 Å². The summed E-state index contributed by atoms with van der Waals surface area (Å²) < 4.78 is 41.6. The molecule has 3 nitrogen and oxygen atoms in total. The van der Waals surface area contributed by atoms with Gasteiger partial charge in [0.25, 0.3) is 0 Å². The monoisotopic (exact) mass is 263 g/mol. The molecule has 18 heavy (non-hydrogen) atoms. The molecule has 6 heteroatoms. The van der Waals surface area contributed by atoms with E-state index in [4.69, 9.17) is 4.74 Å². The molecule has 0 aliphatic carbocycles. The first kappa shape index (κ1) is 14.9. The van der Waals surface area contributed by atoms with Crippen LogP contribution in [0.15, 0.2) is 24.3 Å². The topological polar surface area (TPSA) is 41.5 Å². The van der Waals surface area contributed by atoms with Crippen LogP contribution in [0.4, 0.5) is 13.2 Å². The van der Waals surface area contributed by atoms with Crippen LogP contribution in [-0.4, -0.2) is 31.5 Å². The van der Waals surface area contributed by atoms with Crippen LogP contribution >= 0.6 is 0 Å². The number of aliphatic hydroxyl groups is 1. The molecule has 1 aromatic rings. The molecule has 0 saturated carbocycles. The van der Waals surface area contributed by atoms with Gasteiger partial charge in [0.1, 0.15) is 0 Å². The molecule has 0 aliphatic rings. The van der Waals surface area contributed by atoms with E-state index < -0.39 is 17.8 Å². The van der Waals surface area contributed by atoms with Gasteiger partial charge in [0, 0.05) is 20.2 Å². The smallest absolute Gasteiger partial charge is 0.389 e. The SMILES string of the molecule is COCC(O)CNCc1ccc(C(F)(F)F)cc1. The van der Waals surface area contributed by atoms with Crippen LogP contribution in [0.25, 0.3) is 0 Å². The van der Waals surface area contributed by atoms with Crippen molar-refractivity contribution in [2.45, 2.75) is 18.8 Å². The van der Waals surface area contributed by atoms with Crippen LogP contribution < -0.4 is 5.32 Å². The van der Waals surface area contributed by atoms with Crippen molar-refractivity contribution in [3.8, 4) is 0 Å². The summed E-state index contributed by atoms with van der Waals surface area (Å²) in [7, 11) is 1.49. The number of aliphatic hydroxyl groups excluding tert-OH is 1. The van der Waals surface area contributed by atoms with E-state index in [-0.39, 0.29) is 6.61 Å². The molecule has 102 valence electrons. The number of hydrogen-bond acceptors (Lipinski definition) is 3. The number of nitrogens with one attached hydrogen (secondary N) is 1. The molecule has 1 atom stereocenters. The predicted octanol–water partition coefficient (Wildman–Crippen LogP) is 1.80. The lowest BCUT2D eigenvalue weighted by Gasteiger charge is -2.11. The first-order chi connectivity index (χ1) is 8.43. The summed E-state index contributed by atoms with van der Waals surface area (Å²) in [5.74, 6) is 0. The third-order valence-electron chi connectivity index (χ3n) is 2.35. The molecule has 0 radical (unpaired) electrons. The minimum absolute atomic E-state index is 0.222. The van der Waals surface area contributed by atoms with E-state index in [0.717, 1.165) is 17.7 Å². The standard InChI is InChI=1S/C12H16F3NO2/c1-18-8-11(17)7-16-6-9-2-4-10(5-3-9)12(13,14)15/h2-5,11,16-17H,6-8H2,1H3. The normalized spacial score (nSPS) is 13.6. The highest BCUT2D eigenvalue weighted by Crippen LogP contribution is 2.28. The first-order valence-corrected chi connectivity index (χ1v) is 5.47. The summed E-state index contributed by atoms with van der Waals surface area (Å²) in [5.41, 5.74) is 0.0679. The van der Waals surface area contributed by atoms with Crippen molar-refractivity contribution in [1.29, 1.82) is 0 Å². The zero-order valence-electron chi connectivity index (χ0n) is 10.00. The average molecular weight is 263 g/mol. The highest BCUT2D eigenvalue weighted by atomic mass is 19.4. The Kier molecular flexibility index (Phi) is 5.58. The number of methoxy groups -OCH3 is 1. The van der Waals surface area contributed by atoms with Gasteiger partial charge in [-0.2, -0.15) is 13.2 Å². The summed E-state index contributed by atoms with van der Waals surface area (Å²) in [6, 6.07) is 4.92. The van der Waals surface area contributed by atoms with Crippen LogP contribution in [0.3, 0.4) is 0 Å². The van der Waals surface area contributed by atoms with E-state index in [9.17, 15) is 18.3 Å². The van der Waals surface area contributed by atoms with Gasteiger partial charge in [-0.15, -0.1) is 0 Å². The maximum atomic E-state index is 12.3. The van der Waals surface area contributed by atoms with Gasteiger partial charge in [-0.3, -0.25) is 0 Å². The molecule has 0 spiro atoms. The molecule has 0 bridgehead atoms. The molecular formula is C12H16F3NO2. The van der Waals surface area contributed by atoms with Gasteiger partial charge < -0.3 is 15.2 Å². The minimum atomic E-state index is -4.30. The van der Waals surface area contributed by atoms with E-state index in [1.807, 2.05) is 0 Å². The van der Waals surface area contributed by atoms with E-state index in [1.54, 1.807) is 0 Å². The Balaban J connectivity index is 2.40. The molecule has 1 aromatic carbocycles. The second-order valence-electron chi connectivity index (χ2n) is 3.93. The lowest BCUT2D eigenvalue weighted by Crippen LogP contribution is -2.29.